The second-order valence-electron chi connectivity index (χ2n) is 8.20. The lowest BCUT2D eigenvalue weighted by Crippen LogP contribution is -2.15. The molecule has 1 aliphatic rings. The van der Waals surface area contributed by atoms with E-state index in [2.05, 4.69) is 47.6 Å². The van der Waals surface area contributed by atoms with Crippen LogP contribution in [0.15, 0.2) is 54.9 Å². The summed E-state index contributed by atoms with van der Waals surface area (Å²) >= 11 is 1.85. The Bertz CT molecular complexity index is 1140. The van der Waals surface area contributed by atoms with E-state index in [1.165, 1.54) is 40.7 Å². The molecule has 0 aliphatic heterocycles. The Hall–Kier alpha value is -2.79. The molecule has 4 aromatic rings. The number of benzene rings is 1. The van der Waals surface area contributed by atoms with Gasteiger partial charge in [0.2, 0.25) is 0 Å². The fraction of sp³-hybridized carbons (Fsp3) is 0.320. The van der Waals surface area contributed by atoms with Gasteiger partial charge in [0.15, 0.2) is 5.82 Å². The summed E-state index contributed by atoms with van der Waals surface area (Å²) < 4.78 is 0. The quantitative estimate of drug-likeness (QED) is 0.425. The number of aryl methyl sites for hydroxylation is 2. The van der Waals surface area contributed by atoms with E-state index in [1.807, 2.05) is 23.5 Å². The highest BCUT2D eigenvalue weighted by molar-refractivity contribution is 7.19. The van der Waals surface area contributed by atoms with E-state index >= 15 is 0 Å². The molecule has 0 fully saturated rings. The number of nitrogens with one attached hydrogen (secondary N) is 1. The summed E-state index contributed by atoms with van der Waals surface area (Å²) in [6, 6.07) is 14.7. The van der Waals surface area contributed by atoms with Crippen molar-refractivity contribution in [2.45, 2.75) is 39.0 Å². The van der Waals surface area contributed by atoms with Crippen LogP contribution in [0.25, 0.3) is 21.6 Å². The molecule has 0 bridgehead atoms. The predicted molar refractivity (Wildman–Crippen MR) is 125 cm³/mol. The Morgan fingerprint density at radius 3 is 2.63 bits per heavy atom. The SMILES string of the molecule is CC(CNc1nc(-c2ccncc2)nc2sc3c(c12)CCCC3)Cc1ccccc1. The third-order valence-corrected chi connectivity index (χ3v) is 6.98. The molecule has 1 aliphatic carbocycles. The molecule has 5 heteroatoms. The summed E-state index contributed by atoms with van der Waals surface area (Å²) in [5.41, 5.74) is 3.87. The van der Waals surface area contributed by atoms with Crippen molar-refractivity contribution < 1.29 is 0 Å². The smallest absolute Gasteiger partial charge is 0.163 e. The highest BCUT2D eigenvalue weighted by Crippen LogP contribution is 2.39. The monoisotopic (exact) mass is 414 g/mol. The lowest BCUT2D eigenvalue weighted by molar-refractivity contribution is 0.611. The summed E-state index contributed by atoms with van der Waals surface area (Å²) in [5.74, 6) is 2.28. The number of rotatable bonds is 6. The first-order chi connectivity index (χ1) is 14.8. The third-order valence-electron chi connectivity index (χ3n) is 5.80. The molecular formula is C25H26N4S. The van der Waals surface area contributed by atoms with Crippen molar-refractivity contribution in [2.24, 2.45) is 5.92 Å². The van der Waals surface area contributed by atoms with Crippen LogP contribution < -0.4 is 5.32 Å². The maximum atomic E-state index is 4.99. The van der Waals surface area contributed by atoms with Crippen molar-refractivity contribution in [2.75, 3.05) is 11.9 Å². The molecule has 5 rings (SSSR count). The zero-order chi connectivity index (χ0) is 20.3. The van der Waals surface area contributed by atoms with E-state index in [4.69, 9.17) is 9.97 Å². The minimum Gasteiger partial charge on any atom is -0.369 e. The van der Waals surface area contributed by atoms with Crippen LogP contribution >= 0.6 is 11.3 Å². The van der Waals surface area contributed by atoms with Crippen LogP contribution in [0.5, 0.6) is 0 Å². The van der Waals surface area contributed by atoms with Gasteiger partial charge < -0.3 is 5.32 Å². The van der Waals surface area contributed by atoms with Gasteiger partial charge in [-0.2, -0.15) is 0 Å². The van der Waals surface area contributed by atoms with E-state index in [9.17, 15) is 0 Å². The number of anilines is 1. The molecule has 3 heterocycles. The lowest BCUT2D eigenvalue weighted by atomic mass is 9.96. The van der Waals surface area contributed by atoms with Crippen LogP contribution in [0.3, 0.4) is 0 Å². The Morgan fingerprint density at radius 1 is 1.00 bits per heavy atom. The summed E-state index contributed by atoms with van der Waals surface area (Å²) in [4.78, 5) is 16.7. The Kier molecular flexibility index (Phi) is 5.45. The fourth-order valence-corrected chi connectivity index (χ4v) is 5.54. The molecule has 0 amide bonds. The van der Waals surface area contributed by atoms with Gasteiger partial charge in [0.25, 0.3) is 0 Å². The van der Waals surface area contributed by atoms with Crippen molar-refractivity contribution in [3.05, 3.63) is 70.9 Å². The number of nitrogens with zero attached hydrogens (tertiary/aromatic N) is 3. The van der Waals surface area contributed by atoms with Crippen molar-refractivity contribution in [3.63, 3.8) is 0 Å². The molecular weight excluding hydrogens is 388 g/mol. The minimum atomic E-state index is 0.510. The molecule has 1 unspecified atom stereocenters. The van der Waals surface area contributed by atoms with Gasteiger partial charge in [-0.25, -0.2) is 9.97 Å². The largest absolute Gasteiger partial charge is 0.369 e. The van der Waals surface area contributed by atoms with Crippen molar-refractivity contribution >= 4 is 27.4 Å². The summed E-state index contributed by atoms with van der Waals surface area (Å²) in [6.45, 7) is 3.19. The highest BCUT2D eigenvalue weighted by atomic mass is 32.1. The number of hydrogen-bond acceptors (Lipinski definition) is 5. The van der Waals surface area contributed by atoms with Crippen LogP contribution in [0.2, 0.25) is 0 Å². The molecule has 1 atom stereocenters. The average Bonchev–Trinajstić information content (AvgIpc) is 3.17. The van der Waals surface area contributed by atoms with Gasteiger partial charge in [-0.3, -0.25) is 4.98 Å². The fourth-order valence-electron chi connectivity index (χ4n) is 4.27. The highest BCUT2D eigenvalue weighted by Gasteiger charge is 2.21. The van der Waals surface area contributed by atoms with E-state index in [-0.39, 0.29) is 0 Å². The standard InChI is InChI=1S/C25H26N4S/c1-17(15-18-7-3-2-4-8-18)16-27-24-22-20-9-5-6-10-21(20)30-25(22)29-23(28-24)19-11-13-26-14-12-19/h2-4,7-8,11-14,17H,5-6,9-10,15-16H2,1H3,(H,27,28,29). The van der Waals surface area contributed by atoms with Gasteiger partial charge in [-0.15, -0.1) is 11.3 Å². The summed E-state index contributed by atoms with van der Waals surface area (Å²) in [6.07, 6.45) is 9.51. The molecule has 1 aromatic carbocycles. The first-order valence-electron chi connectivity index (χ1n) is 10.8. The second kappa shape index (κ2) is 8.52. The van der Waals surface area contributed by atoms with Gasteiger partial charge >= 0.3 is 0 Å². The topological polar surface area (TPSA) is 50.7 Å². The second-order valence-corrected chi connectivity index (χ2v) is 9.28. The van der Waals surface area contributed by atoms with E-state index in [0.29, 0.717) is 5.92 Å². The van der Waals surface area contributed by atoms with Crippen LogP contribution in [0.4, 0.5) is 5.82 Å². The molecule has 30 heavy (non-hydrogen) atoms. The first kappa shape index (κ1) is 19.2. The molecule has 152 valence electrons. The van der Waals surface area contributed by atoms with Crippen molar-refractivity contribution in [1.29, 1.82) is 0 Å². The zero-order valence-electron chi connectivity index (χ0n) is 17.3. The van der Waals surface area contributed by atoms with Crippen molar-refractivity contribution in [1.82, 2.24) is 15.0 Å². The van der Waals surface area contributed by atoms with Crippen LogP contribution in [-0.4, -0.2) is 21.5 Å². The van der Waals surface area contributed by atoms with Crippen LogP contribution in [0.1, 0.15) is 35.8 Å². The van der Waals surface area contributed by atoms with Gasteiger partial charge in [0, 0.05) is 29.4 Å². The molecule has 0 spiro atoms. The maximum Gasteiger partial charge on any atom is 0.163 e. The van der Waals surface area contributed by atoms with Gasteiger partial charge in [0.1, 0.15) is 10.6 Å². The summed E-state index contributed by atoms with van der Waals surface area (Å²) in [7, 11) is 0. The molecule has 4 nitrogen and oxygen atoms in total. The lowest BCUT2D eigenvalue weighted by Gasteiger charge is -2.16. The van der Waals surface area contributed by atoms with Crippen LogP contribution in [0, 0.1) is 5.92 Å². The third kappa shape index (κ3) is 3.94. The molecule has 0 saturated heterocycles. The number of aromatic nitrogens is 3. The molecule has 1 N–H and O–H groups in total. The Balaban J connectivity index is 1.48. The number of thiophene rings is 1. The van der Waals surface area contributed by atoms with E-state index < -0.39 is 0 Å². The van der Waals surface area contributed by atoms with E-state index in [0.717, 1.165) is 41.4 Å². The summed E-state index contributed by atoms with van der Waals surface area (Å²) in [5, 5.41) is 4.94. The van der Waals surface area contributed by atoms with Gasteiger partial charge in [-0.05, 0) is 61.3 Å². The van der Waals surface area contributed by atoms with Gasteiger partial charge in [0.05, 0.1) is 5.39 Å². The van der Waals surface area contributed by atoms with Crippen molar-refractivity contribution in [3.8, 4) is 11.4 Å². The molecule has 3 aromatic heterocycles. The number of pyridine rings is 1. The minimum absolute atomic E-state index is 0.510. The zero-order valence-corrected chi connectivity index (χ0v) is 18.1. The normalized spacial score (nSPS) is 14.4. The number of fused-ring (bicyclic) bond motifs is 3. The van der Waals surface area contributed by atoms with Crippen LogP contribution in [-0.2, 0) is 19.3 Å². The molecule has 0 radical (unpaired) electrons. The molecule has 0 saturated carbocycles. The Labute approximate surface area is 181 Å². The van der Waals surface area contributed by atoms with E-state index in [1.54, 1.807) is 12.4 Å². The van der Waals surface area contributed by atoms with Gasteiger partial charge in [-0.1, -0.05) is 37.3 Å². The Morgan fingerprint density at radius 2 is 1.80 bits per heavy atom. The average molecular weight is 415 g/mol. The number of hydrogen-bond donors (Lipinski definition) is 1. The predicted octanol–water partition coefficient (Wildman–Crippen LogP) is 5.92. The maximum absolute atomic E-state index is 4.99. The first-order valence-corrected chi connectivity index (χ1v) is 11.6.